The van der Waals surface area contributed by atoms with Gasteiger partial charge in [-0.05, 0) is 149 Å². The molecule has 15 heteroatoms. The fourth-order valence-electron chi connectivity index (χ4n) is 6.72. The lowest BCUT2D eigenvalue weighted by Gasteiger charge is -2.28. The van der Waals surface area contributed by atoms with Gasteiger partial charge in [0.15, 0.2) is 0 Å². The molecular formula is C44H68N6O9. The quantitative estimate of drug-likeness (QED) is 0.0752. The number of esters is 3. The van der Waals surface area contributed by atoms with Crippen molar-refractivity contribution in [3.63, 3.8) is 0 Å². The smallest absolute Gasteiger partial charge is 0.329 e. The topological polar surface area (TPSA) is 217 Å². The Balaban J connectivity index is 1.65. The zero-order chi connectivity index (χ0) is 44.0. The lowest BCUT2D eigenvalue weighted by atomic mass is 9.81. The highest BCUT2D eigenvalue weighted by molar-refractivity contribution is 5.90. The normalized spacial score (nSPS) is 17.5. The molecule has 1 fully saturated rings. The summed E-state index contributed by atoms with van der Waals surface area (Å²) in [5.74, 6) is -2.22. The van der Waals surface area contributed by atoms with Crippen LogP contribution in [-0.2, 0) is 44.6 Å². The summed E-state index contributed by atoms with van der Waals surface area (Å²) in [5.41, 5.74) is 4.29. The molecule has 0 saturated heterocycles. The number of urea groups is 1. The summed E-state index contributed by atoms with van der Waals surface area (Å²) in [5, 5.41) is 13.1. The fourth-order valence-corrected chi connectivity index (χ4v) is 6.72. The first-order chi connectivity index (χ1) is 27.5. The third kappa shape index (κ3) is 18.3. The molecule has 4 amide bonds. The van der Waals surface area contributed by atoms with Gasteiger partial charge in [0.25, 0.3) is 0 Å². The number of hydrogen-bond donors (Lipinski definition) is 5. The molecule has 1 aliphatic carbocycles. The van der Waals surface area contributed by atoms with Crippen LogP contribution in [0.15, 0.2) is 36.7 Å². The molecule has 0 spiro atoms. The summed E-state index contributed by atoms with van der Waals surface area (Å²) in [4.78, 5) is 83.5. The number of nitrogens with two attached hydrogens (primary N) is 1. The van der Waals surface area contributed by atoms with Crippen LogP contribution in [0.3, 0.4) is 0 Å². The number of benzene rings is 1. The van der Waals surface area contributed by atoms with Crippen LogP contribution >= 0.6 is 0 Å². The van der Waals surface area contributed by atoms with Crippen molar-refractivity contribution >= 4 is 46.5 Å². The number of nitrogens with one attached hydrogen (secondary N) is 4. The number of unbranched alkanes of at least 4 members (excludes halogenated alkanes) is 1. The van der Waals surface area contributed by atoms with Crippen LogP contribution in [-0.4, -0.2) is 88.8 Å². The molecule has 0 unspecified atom stereocenters. The first-order valence-corrected chi connectivity index (χ1v) is 20.9. The molecule has 3 rings (SSSR count). The van der Waals surface area contributed by atoms with Gasteiger partial charge >= 0.3 is 23.9 Å². The van der Waals surface area contributed by atoms with Gasteiger partial charge in [-0.2, -0.15) is 0 Å². The number of nitrogens with zero attached hydrogens (tertiary/aromatic N) is 1. The Morgan fingerprint density at radius 3 is 1.90 bits per heavy atom. The van der Waals surface area contributed by atoms with Gasteiger partial charge in [-0.3, -0.25) is 19.4 Å². The van der Waals surface area contributed by atoms with E-state index in [2.05, 4.69) is 26.3 Å². The summed E-state index contributed by atoms with van der Waals surface area (Å²) < 4.78 is 16.5. The first-order valence-electron chi connectivity index (χ1n) is 20.9. The molecular weight excluding hydrogens is 757 g/mol. The Hall–Kier alpha value is -4.79. The van der Waals surface area contributed by atoms with E-state index < -0.39 is 58.9 Å². The van der Waals surface area contributed by atoms with Crippen LogP contribution in [0.2, 0.25) is 0 Å². The van der Waals surface area contributed by atoms with E-state index in [1.165, 1.54) is 0 Å². The number of hydrogen-bond acceptors (Lipinski definition) is 11. The highest BCUT2D eigenvalue weighted by Gasteiger charge is 2.32. The SMILES string of the molecule is CC(C)(C)OC(=O)CC[C@H](NC(=O)N[C@@H](CCCCNC(=O)[C@@H](Cc1ccc2ccncc2c1)NC(=O)C1CCC(CN)CC1)C(=O)OC(C)(C)C)C(=O)OC(C)(C)C. The van der Waals surface area contributed by atoms with Crippen molar-refractivity contribution in [2.24, 2.45) is 17.6 Å². The Morgan fingerprint density at radius 1 is 0.729 bits per heavy atom. The number of carbonyl (C=O) groups excluding carboxylic acids is 6. The molecule has 2 aromatic rings. The van der Waals surface area contributed by atoms with Crippen molar-refractivity contribution in [1.82, 2.24) is 26.3 Å². The average molecular weight is 825 g/mol. The van der Waals surface area contributed by atoms with E-state index >= 15 is 0 Å². The Bertz CT molecular complexity index is 1740. The van der Waals surface area contributed by atoms with Gasteiger partial charge in [-0.1, -0.05) is 12.1 Å². The first kappa shape index (κ1) is 48.6. The summed E-state index contributed by atoms with van der Waals surface area (Å²) in [7, 11) is 0. The van der Waals surface area contributed by atoms with Gasteiger partial charge in [0.1, 0.15) is 34.9 Å². The van der Waals surface area contributed by atoms with E-state index in [0.717, 1.165) is 42.0 Å². The van der Waals surface area contributed by atoms with E-state index in [9.17, 15) is 28.8 Å². The van der Waals surface area contributed by atoms with Crippen LogP contribution in [0.5, 0.6) is 0 Å². The Labute approximate surface area is 349 Å². The number of ether oxygens (including phenoxy) is 3. The maximum Gasteiger partial charge on any atom is 0.329 e. The molecule has 0 bridgehead atoms. The maximum absolute atomic E-state index is 13.7. The minimum atomic E-state index is -1.21. The molecule has 59 heavy (non-hydrogen) atoms. The second-order valence-electron chi connectivity index (χ2n) is 18.5. The lowest BCUT2D eigenvalue weighted by Crippen LogP contribution is -2.53. The minimum absolute atomic E-state index is 0.0943. The summed E-state index contributed by atoms with van der Waals surface area (Å²) >= 11 is 0. The van der Waals surface area contributed by atoms with Crippen molar-refractivity contribution in [3.8, 4) is 0 Å². The van der Waals surface area contributed by atoms with E-state index in [1.54, 1.807) is 74.7 Å². The summed E-state index contributed by atoms with van der Waals surface area (Å²) in [6.45, 7) is 16.2. The van der Waals surface area contributed by atoms with Crippen LogP contribution in [0.4, 0.5) is 4.79 Å². The van der Waals surface area contributed by atoms with Crippen molar-refractivity contribution in [1.29, 1.82) is 0 Å². The fraction of sp³-hybridized carbons (Fsp3) is 0.659. The Morgan fingerprint density at radius 2 is 1.32 bits per heavy atom. The minimum Gasteiger partial charge on any atom is -0.460 e. The summed E-state index contributed by atoms with van der Waals surface area (Å²) in [6.07, 6.45) is 7.70. The maximum atomic E-state index is 13.7. The number of amides is 4. The standard InChI is InChI=1S/C44H68N6O9/c1-42(2,3)57-36(51)20-19-34(40(55)59-44(7,8)9)50-41(56)49-33(39(54)58-43(4,5)6)12-10-11-22-47-38(53)35(48-37(52)31-17-13-28(26-45)14-18-31)25-29-15-16-30-21-23-46-27-32(30)24-29/h15-16,21,23-24,27-28,31,33-35H,10-14,17-20,22,25-26,45H2,1-9H3,(H,47,53)(H,48,52)(H2,49,50,56)/t28?,31?,33-,34-,35+/m0/s1. The van der Waals surface area contributed by atoms with Crippen molar-refractivity contribution in [2.75, 3.05) is 13.1 Å². The van der Waals surface area contributed by atoms with Gasteiger partial charge in [0.2, 0.25) is 11.8 Å². The lowest BCUT2D eigenvalue weighted by molar-refractivity contribution is -0.159. The highest BCUT2D eigenvalue weighted by atomic mass is 16.6. The highest BCUT2D eigenvalue weighted by Crippen LogP contribution is 2.28. The van der Waals surface area contributed by atoms with Gasteiger partial charge in [-0.15, -0.1) is 0 Å². The predicted molar refractivity (Wildman–Crippen MR) is 225 cm³/mol. The van der Waals surface area contributed by atoms with E-state index in [0.29, 0.717) is 25.3 Å². The van der Waals surface area contributed by atoms with E-state index in [-0.39, 0.29) is 50.0 Å². The largest absolute Gasteiger partial charge is 0.460 e. The molecule has 1 aromatic heterocycles. The monoisotopic (exact) mass is 825 g/mol. The zero-order valence-corrected chi connectivity index (χ0v) is 36.5. The second kappa shape index (κ2) is 22.0. The number of pyridine rings is 1. The molecule has 15 nitrogen and oxygen atoms in total. The summed E-state index contributed by atoms with van der Waals surface area (Å²) in [6, 6.07) is 3.83. The Kier molecular flexibility index (Phi) is 18.1. The molecule has 0 radical (unpaired) electrons. The molecule has 0 aliphatic heterocycles. The predicted octanol–water partition coefficient (Wildman–Crippen LogP) is 5.16. The van der Waals surface area contributed by atoms with E-state index in [4.69, 9.17) is 19.9 Å². The number of fused-ring (bicyclic) bond motifs is 1. The van der Waals surface area contributed by atoms with Crippen LogP contribution in [0, 0.1) is 11.8 Å². The van der Waals surface area contributed by atoms with Gasteiger partial charge in [-0.25, -0.2) is 14.4 Å². The van der Waals surface area contributed by atoms with E-state index in [1.807, 2.05) is 24.3 Å². The van der Waals surface area contributed by atoms with Crippen LogP contribution in [0.25, 0.3) is 10.8 Å². The molecule has 328 valence electrons. The number of aromatic nitrogens is 1. The third-order valence-electron chi connectivity index (χ3n) is 9.60. The van der Waals surface area contributed by atoms with Crippen molar-refractivity contribution in [3.05, 3.63) is 42.2 Å². The molecule has 6 N–H and O–H groups in total. The van der Waals surface area contributed by atoms with Crippen molar-refractivity contribution in [2.45, 2.75) is 161 Å². The second-order valence-corrected chi connectivity index (χ2v) is 18.5. The van der Waals surface area contributed by atoms with Gasteiger partial charge < -0.3 is 41.2 Å². The molecule has 1 saturated carbocycles. The number of carbonyl (C=O) groups is 6. The van der Waals surface area contributed by atoms with Crippen LogP contribution in [0.1, 0.15) is 126 Å². The zero-order valence-electron chi connectivity index (χ0n) is 36.5. The molecule has 1 aliphatic rings. The van der Waals surface area contributed by atoms with Gasteiger partial charge in [0, 0.05) is 43.1 Å². The molecule has 3 atom stereocenters. The average Bonchev–Trinajstić information content (AvgIpc) is 3.13. The number of rotatable bonds is 18. The van der Waals surface area contributed by atoms with Gasteiger partial charge in [0.05, 0.1) is 0 Å². The van der Waals surface area contributed by atoms with Crippen molar-refractivity contribution < 1.29 is 43.0 Å². The molecule has 1 aromatic carbocycles. The van der Waals surface area contributed by atoms with Crippen LogP contribution < -0.4 is 27.0 Å². The third-order valence-corrected chi connectivity index (χ3v) is 9.60. The molecule has 1 heterocycles.